The van der Waals surface area contributed by atoms with Crippen LogP contribution >= 0.6 is 0 Å². The molecular formula is C40H46O8. The van der Waals surface area contributed by atoms with Crippen LogP contribution in [0.2, 0.25) is 0 Å². The van der Waals surface area contributed by atoms with Gasteiger partial charge in [-0.25, -0.2) is 0 Å². The van der Waals surface area contributed by atoms with E-state index in [-0.39, 0.29) is 32.8 Å². The molecule has 1 fully saturated rings. The first-order chi connectivity index (χ1) is 23.5. The summed E-state index contributed by atoms with van der Waals surface area (Å²) >= 11 is 0. The van der Waals surface area contributed by atoms with Crippen LogP contribution in [0.5, 0.6) is 0 Å². The molecule has 0 bridgehead atoms. The van der Waals surface area contributed by atoms with Crippen LogP contribution < -0.4 is 0 Å². The average Bonchev–Trinajstić information content (AvgIpc) is 3.11. The van der Waals surface area contributed by atoms with Gasteiger partial charge in [-0.3, -0.25) is 4.79 Å². The summed E-state index contributed by atoms with van der Waals surface area (Å²) < 4.78 is 32.9. The van der Waals surface area contributed by atoms with Crippen LogP contribution in [0.15, 0.2) is 121 Å². The number of carboxylic acid groups (broad SMARTS) is 1. The third kappa shape index (κ3) is 10.6. The monoisotopic (exact) mass is 654 g/mol. The molecule has 254 valence electrons. The van der Waals surface area contributed by atoms with E-state index in [1.54, 1.807) is 0 Å². The third-order valence-corrected chi connectivity index (χ3v) is 8.57. The largest absolute Gasteiger partial charge is 0.481 e. The Morgan fingerprint density at radius 1 is 0.604 bits per heavy atom. The summed E-state index contributed by atoms with van der Waals surface area (Å²) in [6, 6.07) is 39.4. The lowest BCUT2D eigenvalue weighted by molar-refractivity contribution is -0.354. The van der Waals surface area contributed by atoms with Crippen molar-refractivity contribution in [2.45, 2.75) is 88.7 Å². The molecule has 48 heavy (non-hydrogen) atoms. The van der Waals surface area contributed by atoms with Crippen molar-refractivity contribution in [3.8, 4) is 0 Å². The molecule has 0 aliphatic carbocycles. The Labute approximate surface area is 283 Å². The van der Waals surface area contributed by atoms with Crippen LogP contribution in [-0.2, 0) is 54.9 Å². The summed E-state index contributed by atoms with van der Waals surface area (Å²) in [5, 5.41) is 20.9. The van der Waals surface area contributed by atoms with Crippen molar-refractivity contribution >= 4 is 5.97 Å². The summed E-state index contributed by atoms with van der Waals surface area (Å²) in [6.45, 7) is 1.26. The van der Waals surface area contributed by atoms with Crippen LogP contribution in [0.3, 0.4) is 0 Å². The Morgan fingerprint density at radius 2 is 1.06 bits per heavy atom. The smallest absolute Gasteiger partial charge is 0.303 e. The minimum absolute atomic E-state index is 0.0904. The van der Waals surface area contributed by atoms with E-state index in [1.165, 1.54) is 0 Å². The summed E-state index contributed by atoms with van der Waals surface area (Å²) in [5.74, 6) is -0.822. The van der Waals surface area contributed by atoms with E-state index in [0.717, 1.165) is 22.3 Å². The van der Waals surface area contributed by atoms with Gasteiger partial charge in [0.25, 0.3) is 0 Å². The predicted molar refractivity (Wildman–Crippen MR) is 182 cm³/mol. The number of carbonyl (C=O) groups is 1. The molecule has 1 saturated heterocycles. The van der Waals surface area contributed by atoms with Gasteiger partial charge >= 0.3 is 5.97 Å². The Balaban J connectivity index is 1.47. The van der Waals surface area contributed by atoms with Crippen molar-refractivity contribution in [1.82, 2.24) is 0 Å². The lowest BCUT2D eigenvalue weighted by Gasteiger charge is -2.51. The number of ether oxygens (including phenoxy) is 5. The maximum atomic E-state index is 11.7. The van der Waals surface area contributed by atoms with Crippen molar-refractivity contribution in [1.29, 1.82) is 0 Å². The van der Waals surface area contributed by atoms with Crippen molar-refractivity contribution in [3.63, 3.8) is 0 Å². The second-order valence-electron chi connectivity index (χ2n) is 12.2. The first kappa shape index (κ1) is 35.4. The number of unbranched alkanes of at least 4 members (excludes halogenated alkanes) is 2. The number of aliphatic hydroxyl groups excluding tert-OH is 1. The molecule has 0 spiro atoms. The van der Waals surface area contributed by atoms with E-state index in [1.807, 2.05) is 121 Å². The molecular weight excluding hydrogens is 608 g/mol. The van der Waals surface area contributed by atoms with Gasteiger partial charge in [0, 0.05) is 6.42 Å². The Morgan fingerprint density at radius 3 is 1.56 bits per heavy atom. The molecule has 1 heterocycles. The van der Waals surface area contributed by atoms with Gasteiger partial charge in [-0.2, -0.15) is 0 Å². The van der Waals surface area contributed by atoms with E-state index in [2.05, 4.69) is 0 Å². The topological polar surface area (TPSA) is 104 Å². The van der Waals surface area contributed by atoms with Crippen LogP contribution in [0, 0.1) is 0 Å². The van der Waals surface area contributed by atoms with Gasteiger partial charge in [-0.1, -0.05) is 134 Å². The fourth-order valence-corrected chi connectivity index (χ4v) is 6.09. The molecule has 5 atom stereocenters. The Hall–Kier alpha value is -3.89. The van der Waals surface area contributed by atoms with E-state index in [0.29, 0.717) is 32.3 Å². The first-order valence-corrected chi connectivity index (χ1v) is 16.7. The van der Waals surface area contributed by atoms with E-state index >= 15 is 0 Å². The van der Waals surface area contributed by atoms with Crippen molar-refractivity contribution < 1.29 is 38.7 Å². The average molecular weight is 655 g/mol. The molecule has 4 aromatic carbocycles. The van der Waals surface area contributed by atoms with Crippen LogP contribution in [-0.4, -0.2) is 53.0 Å². The third-order valence-electron chi connectivity index (χ3n) is 8.57. The molecule has 8 heteroatoms. The Bertz CT molecular complexity index is 1470. The number of benzene rings is 4. The number of hydrogen-bond acceptors (Lipinski definition) is 7. The molecule has 1 aliphatic rings. The zero-order chi connectivity index (χ0) is 33.4. The number of carboxylic acids is 1. The maximum Gasteiger partial charge on any atom is 0.303 e. The molecule has 1 aliphatic heterocycles. The molecule has 0 aromatic heterocycles. The van der Waals surface area contributed by atoms with Crippen LogP contribution in [0.1, 0.15) is 54.4 Å². The predicted octanol–water partition coefficient (Wildman–Crippen LogP) is 7.08. The molecule has 0 saturated carbocycles. The van der Waals surface area contributed by atoms with Crippen LogP contribution in [0.4, 0.5) is 0 Å². The summed E-state index contributed by atoms with van der Waals surface area (Å²) in [6.07, 6.45) is -1.27. The van der Waals surface area contributed by atoms with Gasteiger partial charge in [0.1, 0.15) is 23.9 Å². The highest BCUT2D eigenvalue weighted by Crippen LogP contribution is 2.40. The molecule has 8 nitrogen and oxygen atoms in total. The highest BCUT2D eigenvalue weighted by atomic mass is 16.7. The van der Waals surface area contributed by atoms with Gasteiger partial charge in [0.2, 0.25) is 0 Å². The fraction of sp³-hybridized carbons (Fsp3) is 0.375. The number of hydrogen-bond donors (Lipinski definition) is 2. The minimum Gasteiger partial charge on any atom is -0.481 e. The second kappa shape index (κ2) is 18.6. The maximum absolute atomic E-state index is 11.7. The SMILES string of the molecule is O=C(O)CCCCC[C@]1(COCc2ccccc2)O[C@H](O)[C@H](OCc2ccccc2)[C@@H](OCc2ccccc2)[C@@H]1OCc1ccccc1. The first-order valence-electron chi connectivity index (χ1n) is 16.7. The molecule has 4 aromatic rings. The second-order valence-corrected chi connectivity index (χ2v) is 12.2. The molecule has 0 radical (unpaired) electrons. The standard InChI is InChI=1S/C40H46O8/c41-35(42)24-14-5-15-25-40(30-44-26-31-16-6-1-7-17-31)38(47-29-34-22-12-4-13-23-34)36(45-27-32-18-8-2-9-19-32)37(39(43)48-40)46-28-33-20-10-3-11-21-33/h1-4,6-13,16-23,36-39,43H,5,14-15,24-30H2,(H,41,42)/t36-,37-,38+,39+,40-/m1/s1. The lowest BCUT2D eigenvalue weighted by Crippen LogP contribution is -2.67. The van der Waals surface area contributed by atoms with Crippen LogP contribution in [0.25, 0.3) is 0 Å². The zero-order valence-electron chi connectivity index (χ0n) is 27.3. The minimum atomic E-state index is -1.34. The van der Waals surface area contributed by atoms with Gasteiger partial charge in [0.15, 0.2) is 6.29 Å². The van der Waals surface area contributed by atoms with E-state index in [4.69, 9.17) is 23.7 Å². The van der Waals surface area contributed by atoms with Gasteiger partial charge in [-0.05, 0) is 35.1 Å². The summed E-state index contributed by atoms with van der Waals surface area (Å²) in [4.78, 5) is 11.2. The quantitative estimate of drug-likeness (QED) is 0.103. The van der Waals surface area contributed by atoms with E-state index < -0.39 is 36.2 Å². The highest BCUT2D eigenvalue weighted by molar-refractivity contribution is 5.66. The van der Waals surface area contributed by atoms with Gasteiger partial charge in [0.05, 0.1) is 33.0 Å². The van der Waals surface area contributed by atoms with Crippen molar-refractivity contribution in [2.75, 3.05) is 6.61 Å². The molecule has 2 N–H and O–H groups in total. The molecule has 0 amide bonds. The highest BCUT2D eigenvalue weighted by Gasteiger charge is 2.56. The number of aliphatic hydroxyl groups is 1. The fourth-order valence-electron chi connectivity index (χ4n) is 6.09. The van der Waals surface area contributed by atoms with E-state index in [9.17, 15) is 15.0 Å². The normalized spacial score (nSPS) is 22.4. The van der Waals surface area contributed by atoms with Gasteiger partial charge < -0.3 is 33.9 Å². The van der Waals surface area contributed by atoms with Crippen molar-refractivity contribution in [3.05, 3.63) is 144 Å². The molecule has 5 rings (SSSR count). The summed E-state index contributed by atoms with van der Waals surface area (Å²) in [7, 11) is 0. The molecule has 0 unspecified atom stereocenters. The summed E-state index contributed by atoms with van der Waals surface area (Å²) in [5.41, 5.74) is 2.79. The number of rotatable bonds is 19. The van der Waals surface area contributed by atoms with Crippen molar-refractivity contribution in [2.24, 2.45) is 0 Å². The van der Waals surface area contributed by atoms with Gasteiger partial charge in [-0.15, -0.1) is 0 Å². The Kier molecular flexibility index (Phi) is 13.7. The number of aliphatic carboxylic acids is 1. The lowest BCUT2D eigenvalue weighted by atomic mass is 9.82. The zero-order valence-corrected chi connectivity index (χ0v) is 27.3.